The number of benzene rings is 4. The van der Waals surface area contributed by atoms with Gasteiger partial charge in [-0.3, -0.25) is 0 Å². The zero-order chi connectivity index (χ0) is 39.8. The van der Waals surface area contributed by atoms with Crippen LogP contribution in [0.4, 0.5) is 0 Å². The van der Waals surface area contributed by atoms with Crippen molar-refractivity contribution in [3.05, 3.63) is 121 Å². The third kappa shape index (κ3) is 15.1. The van der Waals surface area contributed by atoms with Gasteiger partial charge >= 0.3 is 23.9 Å². The summed E-state index contributed by atoms with van der Waals surface area (Å²) < 4.78 is 33.2. The summed E-state index contributed by atoms with van der Waals surface area (Å²) in [7, 11) is 0. The molecule has 0 unspecified atom stereocenters. The van der Waals surface area contributed by atoms with Gasteiger partial charge < -0.3 is 28.4 Å². The van der Waals surface area contributed by atoms with Crippen LogP contribution in [0.15, 0.2) is 110 Å². The second-order valence-corrected chi connectivity index (χ2v) is 13.1. The van der Waals surface area contributed by atoms with E-state index < -0.39 is 11.9 Å². The van der Waals surface area contributed by atoms with E-state index in [0.717, 1.165) is 77.0 Å². The topological polar surface area (TPSA) is 124 Å². The largest absolute Gasteiger partial charge is 0.494 e. The average Bonchev–Trinajstić information content (AvgIpc) is 3.22. The Morgan fingerprint density at radius 2 is 0.768 bits per heavy atom. The number of ether oxygens (including phenoxy) is 6. The molecule has 0 saturated heterocycles. The van der Waals surface area contributed by atoms with Gasteiger partial charge in [-0.05, 0) is 86.3 Å². The molecule has 56 heavy (non-hydrogen) atoms. The molecule has 0 atom stereocenters. The Hall–Kier alpha value is -5.90. The lowest BCUT2D eigenvalue weighted by Crippen LogP contribution is -2.10. The molecule has 4 rings (SSSR count). The van der Waals surface area contributed by atoms with Gasteiger partial charge in [-0.1, -0.05) is 88.8 Å². The average molecular weight is 765 g/mol. The highest BCUT2D eigenvalue weighted by atomic mass is 16.5. The van der Waals surface area contributed by atoms with E-state index in [1.807, 2.05) is 12.1 Å². The number of unbranched alkanes of at least 4 members (excludes halogenated alkanes) is 10. The third-order valence-corrected chi connectivity index (χ3v) is 8.86. The quantitative estimate of drug-likeness (QED) is 0.0264. The van der Waals surface area contributed by atoms with Crippen LogP contribution in [0.1, 0.15) is 97.8 Å². The summed E-state index contributed by atoms with van der Waals surface area (Å²) in [5.74, 6) is 0.232. The SMILES string of the molecule is C=CC(=O)OCCCCCCCCOc1ccc(C(=O)Oc2cccc3c(OC(=O)c4ccc(OCCCCCCCCOC(=O)C=C)cc4)cccc23)cc1. The number of hydrogen-bond donors (Lipinski definition) is 0. The number of fused-ring (bicyclic) bond motifs is 1. The highest BCUT2D eigenvalue weighted by Gasteiger charge is 2.16. The van der Waals surface area contributed by atoms with Gasteiger partial charge in [0.25, 0.3) is 0 Å². The first-order chi connectivity index (χ1) is 27.4. The Morgan fingerprint density at radius 1 is 0.429 bits per heavy atom. The molecule has 0 saturated carbocycles. The van der Waals surface area contributed by atoms with Crippen molar-refractivity contribution in [2.24, 2.45) is 0 Å². The second-order valence-electron chi connectivity index (χ2n) is 13.1. The predicted molar refractivity (Wildman–Crippen MR) is 215 cm³/mol. The minimum Gasteiger partial charge on any atom is -0.494 e. The summed E-state index contributed by atoms with van der Waals surface area (Å²) >= 11 is 0. The molecule has 0 aliphatic rings. The number of carbonyl (C=O) groups is 4. The summed E-state index contributed by atoms with van der Waals surface area (Å²) in [6, 6.07) is 24.2. The van der Waals surface area contributed by atoms with Gasteiger partial charge in [-0.15, -0.1) is 0 Å². The van der Waals surface area contributed by atoms with Crippen LogP contribution in [-0.2, 0) is 19.1 Å². The van der Waals surface area contributed by atoms with E-state index in [0.29, 0.717) is 71.3 Å². The lowest BCUT2D eigenvalue weighted by Gasteiger charge is -2.12. The monoisotopic (exact) mass is 764 g/mol. The molecule has 0 amide bonds. The van der Waals surface area contributed by atoms with E-state index in [4.69, 9.17) is 28.4 Å². The van der Waals surface area contributed by atoms with Gasteiger partial charge in [-0.2, -0.15) is 0 Å². The van der Waals surface area contributed by atoms with Crippen LogP contribution in [0.5, 0.6) is 23.0 Å². The zero-order valence-electron chi connectivity index (χ0n) is 32.0. The van der Waals surface area contributed by atoms with Crippen molar-refractivity contribution in [2.45, 2.75) is 77.0 Å². The lowest BCUT2D eigenvalue weighted by molar-refractivity contribution is -0.138. The van der Waals surface area contributed by atoms with E-state index in [1.165, 1.54) is 12.2 Å². The smallest absolute Gasteiger partial charge is 0.343 e. The van der Waals surface area contributed by atoms with Crippen LogP contribution < -0.4 is 18.9 Å². The maximum Gasteiger partial charge on any atom is 0.343 e. The molecule has 0 spiro atoms. The normalized spacial score (nSPS) is 10.6. The number of rotatable bonds is 26. The molecule has 0 aromatic heterocycles. The van der Waals surface area contributed by atoms with Crippen molar-refractivity contribution in [1.82, 2.24) is 0 Å². The molecule has 296 valence electrons. The first kappa shape index (κ1) is 42.8. The van der Waals surface area contributed by atoms with Gasteiger partial charge in [0.05, 0.1) is 37.6 Å². The molecule has 0 radical (unpaired) electrons. The maximum atomic E-state index is 13.1. The van der Waals surface area contributed by atoms with E-state index >= 15 is 0 Å². The molecule has 0 heterocycles. The first-order valence-corrected chi connectivity index (χ1v) is 19.4. The fraction of sp³-hybridized carbons (Fsp3) is 0.348. The van der Waals surface area contributed by atoms with E-state index in [1.54, 1.807) is 72.8 Å². The molecule has 0 aliphatic heterocycles. The van der Waals surface area contributed by atoms with Gasteiger partial charge in [0, 0.05) is 22.9 Å². The standard InChI is InChI=1S/C46H52O10/c1-3-43(47)53-33-15-11-7-5-9-13-31-51-37-27-23-35(24-28-37)45(49)55-41-21-17-20-40-39(41)19-18-22-42(40)56-46(50)36-25-29-38(30-26-36)52-32-14-10-6-8-12-16-34-54-44(48)4-2/h3-4,17-30H,1-2,5-16,31-34H2. The van der Waals surface area contributed by atoms with Crippen molar-refractivity contribution in [3.8, 4) is 23.0 Å². The molecular formula is C46H52O10. The highest BCUT2D eigenvalue weighted by Crippen LogP contribution is 2.33. The van der Waals surface area contributed by atoms with Crippen molar-refractivity contribution < 1.29 is 47.6 Å². The predicted octanol–water partition coefficient (Wildman–Crippen LogP) is 10.2. The Balaban J connectivity index is 1.17. The lowest BCUT2D eigenvalue weighted by atomic mass is 10.1. The summed E-state index contributed by atoms with van der Waals surface area (Å²) in [5, 5.41) is 1.25. The Kier molecular flexibility index (Phi) is 18.7. The van der Waals surface area contributed by atoms with Gasteiger partial charge in [0.15, 0.2) is 0 Å². The van der Waals surface area contributed by atoms with E-state index in [9.17, 15) is 19.2 Å². The summed E-state index contributed by atoms with van der Waals surface area (Å²) in [4.78, 5) is 48.3. The minimum atomic E-state index is -0.520. The third-order valence-electron chi connectivity index (χ3n) is 8.86. The van der Waals surface area contributed by atoms with Crippen molar-refractivity contribution in [1.29, 1.82) is 0 Å². The van der Waals surface area contributed by atoms with E-state index in [2.05, 4.69) is 13.2 Å². The van der Waals surface area contributed by atoms with Crippen molar-refractivity contribution >= 4 is 34.6 Å². The Labute approximate surface area is 329 Å². The maximum absolute atomic E-state index is 13.1. The molecule has 4 aromatic rings. The fourth-order valence-corrected chi connectivity index (χ4v) is 5.79. The Bertz CT molecular complexity index is 1730. The first-order valence-electron chi connectivity index (χ1n) is 19.4. The summed E-state index contributed by atoms with van der Waals surface area (Å²) in [6.07, 6.45) is 14.3. The van der Waals surface area contributed by atoms with Crippen LogP contribution in [0.3, 0.4) is 0 Å². The van der Waals surface area contributed by atoms with Crippen LogP contribution >= 0.6 is 0 Å². The summed E-state index contributed by atoms with van der Waals surface area (Å²) in [5.41, 5.74) is 0.751. The molecule has 0 fully saturated rings. The Morgan fingerprint density at radius 3 is 1.12 bits per heavy atom. The molecule has 0 bridgehead atoms. The minimum absolute atomic E-state index is 0.344. The zero-order valence-corrected chi connectivity index (χ0v) is 32.0. The number of carbonyl (C=O) groups excluding carboxylic acids is 4. The number of hydrogen-bond acceptors (Lipinski definition) is 10. The van der Waals surface area contributed by atoms with Gasteiger partial charge in [-0.25, -0.2) is 19.2 Å². The van der Waals surface area contributed by atoms with Crippen molar-refractivity contribution in [3.63, 3.8) is 0 Å². The van der Waals surface area contributed by atoms with E-state index in [-0.39, 0.29) is 11.9 Å². The second kappa shape index (κ2) is 24.5. The number of esters is 4. The van der Waals surface area contributed by atoms with Crippen LogP contribution in [0.25, 0.3) is 10.8 Å². The molecule has 0 N–H and O–H groups in total. The molecule has 10 nitrogen and oxygen atoms in total. The van der Waals surface area contributed by atoms with Gasteiger partial charge in [0.2, 0.25) is 0 Å². The van der Waals surface area contributed by atoms with Crippen LogP contribution in [-0.4, -0.2) is 50.3 Å². The molecule has 10 heteroatoms. The van der Waals surface area contributed by atoms with Crippen LogP contribution in [0.2, 0.25) is 0 Å². The molecule has 4 aromatic carbocycles. The molecular weight excluding hydrogens is 712 g/mol. The highest BCUT2D eigenvalue weighted by molar-refractivity contribution is 5.99. The molecule has 0 aliphatic carbocycles. The summed E-state index contributed by atoms with van der Waals surface area (Å²) in [6.45, 7) is 8.77. The van der Waals surface area contributed by atoms with Crippen LogP contribution in [0, 0.1) is 0 Å². The fourth-order valence-electron chi connectivity index (χ4n) is 5.79. The van der Waals surface area contributed by atoms with Crippen molar-refractivity contribution in [2.75, 3.05) is 26.4 Å². The van der Waals surface area contributed by atoms with Gasteiger partial charge in [0.1, 0.15) is 23.0 Å².